The summed E-state index contributed by atoms with van der Waals surface area (Å²) in [5.74, 6) is -0.134. The minimum atomic E-state index is -0.286. The number of carbonyl (C=O) groups excluding carboxylic acids is 3. The third-order valence-electron chi connectivity index (χ3n) is 7.33. The van der Waals surface area contributed by atoms with E-state index >= 15 is 0 Å². The van der Waals surface area contributed by atoms with Crippen LogP contribution in [0.5, 0.6) is 0 Å². The molecule has 8 nitrogen and oxygen atoms in total. The molecule has 0 spiro atoms. The highest BCUT2D eigenvalue weighted by molar-refractivity contribution is 6.17. The van der Waals surface area contributed by atoms with Crippen LogP contribution in [0.4, 0.5) is 17.2 Å². The molecule has 1 aromatic carbocycles. The molecule has 1 saturated carbocycles. The molecule has 1 fully saturated rings. The molecule has 0 radical (unpaired) electrons. The molecule has 8 heteroatoms. The predicted octanol–water partition coefficient (Wildman–Crippen LogP) is 4.60. The zero-order valence-electron chi connectivity index (χ0n) is 21.4. The van der Waals surface area contributed by atoms with Crippen molar-refractivity contribution in [1.29, 1.82) is 0 Å². The highest BCUT2D eigenvalue weighted by atomic mass is 16.2. The Labute approximate surface area is 213 Å². The monoisotopic (exact) mass is 491 g/mol. The Morgan fingerprint density at radius 3 is 2.50 bits per heavy atom. The van der Waals surface area contributed by atoms with Crippen molar-refractivity contribution in [2.45, 2.75) is 64.8 Å². The van der Waals surface area contributed by atoms with Crippen molar-refractivity contribution in [3.8, 4) is 0 Å². The van der Waals surface area contributed by atoms with E-state index in [1.54, 1.807) is 42.6 Å². The number of hydrogen-bond acceptors (Lipinski definition) is 5. The van der Waals surface area contributed by atoms with E-state index in [2.05, 4.69) is 29.0 Å². The van der Waals surface area contributed by atoms with Crippen LogP contribution in [0.15, 0.2) is 42.6 Å². The highest BCUT2D eigenvalue weighted by Gasteiger charge is 2.31. The molecule has 1 aliphatic heterocycles. The molecule has 2 aliphatic rings. The van der Waals surface area contributed by atoms with Crippen LogP contribution >= 0.6 is 0 Å². The van der Waals surface area contributed by atoms with Crippen molar-refractivity contribution in [1.82, 2.24) is 14.8 Å². The molecule has 4 rings (SSSR count). The summed E-state index contributed by atoms with van der Waals surface area (Å²) in [5.41, 5.74) is 1.36. The Bertz CT molecular complexity index is 1080. The molecular formula is C28H37N5O3. The van der Waals surface area contributed by atoms with Crippen molar-refractivity contribution < 1.29 is 14.4 Å². The number of anilines is 3. The van der Waals surface area contributed by atoms with Gasteiger partial charge in [0.15, 0.2) is 5.82 Å². The standard InChI is InChI=1S/C28H37N5O3/c1-3-31(4-2)19-20-32(21-11-6-5-7-12-21)25(34)16-17-26(35)33-24-15-9-8-13-22(24)28(36)30-23-14-10-18-29-27(23)33/h8-10,13-15,18,21H,3-7,11-12,16-17,19-20H2,1-2H3,(H,30,36). The molecule has 36 heavy (non-hydrogen) atoms. The average molecular weight is 492 g/mol. The number of amides is 3. The van der Waals surface area contributed by atoms with Gasteiger partial charge in [-0.3, -0.25) is 19.3 Å². The Balaban J connectivity index is 1.52. The predicted molar refractivity (Wildman–Crippen MR) is 141 cm³/mol. The summed E-state index contributed by atoms with van der Waals surface area (Å²) in [5, 5.41) is 2.85. The van der Waals surface area contributed by atoms with E-state index in [1.165, 1.54) is 11.3 Å². The maximum atomic E-state index is 13.6. The number of benzene rings is 1. The van der Waals surface area contributed by atoms with Crippen molar-refractivity contribution in [3.63, 3.8) is 0 Å². The van der Waals surface area contributed by atoms with E-state index in [0.717, 1.165) is 45.3 Å². The van der Waals surface area contributed by atoms with Crippen LogP contribution in [-0.4, -0.2) is 64.7 Å². The third-order valence-corrected chi connectivity index (χ3v) is 7.33. The van der Waals surface area contributed by atoms with E-state index in [9.17, 15) is 14.4 Å². The molecule has 3 amide bonds. The van der Waals surface area contributed by atoms with Crippen LogP contribution in [0.1, 0.15) is 69.2 Å². The fraction of sp³-hybridized carbons (Fsp3) is 0.500. The van der Waals surface area contributed by atoms with Gasteiger partial charge in [0.1, 0.15) is 0 Å². The lowest BCUT2D eigenvalue weighted by Crippen LogP contribution is -2.45. The second-order valence-electron chi connectivity index (χ2n) is 9.48. The zero-order valence-corrected chi connectivity index (χ0v) is 21.4. The molecule has 192 valence electrons. The lowest BCUT2D eigenvalue weighted by Gasteiger charge is -2.36. The maximum Gasteiger partial charge on any atom is 0.257 e. The molecule has 2 aromatic rings. The minimum Gasteiger partial charge on any atom is -0.338 e. The van der Waals surface area contributed by atoms with Gasteiger partial charge in [0.25, 0.3) is 5.91 Å². The number of para-hydroxylation sites is 1. The summed E-state index contributed by atoms with van der Waals surface area (Å²) < 4.78 is 0. The Hall–Kier alpha value is -3.26. The Kier molecular flexibility index (Phi) is 8.70. The lowest BCUT2D eigenvalue weighted by atomic mass is 9.94. The summed E-state index contributed by atoms with van der Waals surface area (Å²) >= 11 is 0. The third kappa shape index (κ3) is 5.75. The summed E-state index contributed by atoms with van der Waals surface area (Å²) in [6, 6.07) is 10.7. The fourth-order valence-corrected chi connectivity index (χ4v) is 5.25. The molecular weight excluding hydrogens is 454 g/mol. The van der Waals surface area contributed by atoms with Crippen LogP contribution in [0.3, 0.4) is 0 Å². The fourth-order valence-electron chi connectivity index (χ4n) is 5.25. The largest absolute Gasteiger partial charge is 0.338 e. The Morgan fingerprint density at radius 2 is 1.75 bits per heavy atom. The number of aromatic nitrogens is 1. The highest BCUT2D eigenvalue weighted by Crippen LogP contribution is 2.36. The first-order chi connectivity index (χ1) is 17.5. The molecule has 2 heterocycles. The maximum absolute atomic E-state index is 13.6. The van der Waals surface area contributed by atoms with Gasteiger partial charge < -0.3 is 15.1 Å². The van der Waals surface area contributed by atoms with Gasteiger partial charge >= 0.3 is 0 Å². The van der Waals surface area contributed by atoms with E-state index in [-0.39, 0.29) is 36.6 Å². The molecule has 0 atom stereocenters. The number of nitrogens with zero attached hydrogens (tertiary/aromatic N) is 4. The van der Waals surface area contributed by atoms with Crippen LogP contribution in [0.25, 0.3) is 0 Å². The number of hydrogen-bond donors (Lipinski definition) is 1. The first kappa shape index (κ1) is 25.8. The molecule has 1 aromatic heterocycles. The summed E-state index contributed by atoms with van der Waals surface area (Å²) in [6.07, 6.45) is 7.36. The number of rotatable bonds is 9. The van der Waals surface area contributed by atoms with E-state index in [4.69, 9.17) is 0 Å². The van der Waals surface area contributed by atoms with E-state index < -0.39 is 0 Å². The van der Waals surface area contributed by atoms with Crippen molar-refractivity contribution >= 4 is 34.9 Å². The second kappa shape index (κ2) is 12.1. The van der Waals surface area contributed by atoms with E-state index in [1.807, 2.05) is 4.90 Å². The summed E-state index contributed by atoms with van der Waals surface area (Å²) in [7, 11) is 0. The quantitative estimate of drug-likeness (QED) is 0.554. The zero-order chi connectivity index (χ0) is 25.5. The normalized spacial score (nSPS) is 15.6. The van der Waals surface area contributed by atoms with Gasteiger partial charge in [0.2, 0.25) is 11.8 Å². The van der Waals surface area contributed by atoms with Gasteiger partial charge in [-0.05, 0) is 50.2 Å². The van der Waals surface area contributed by atoms with Crippen LogP contribution in [0, 0.1) is 0 Å². The molecule has 0 bridgehead atoms. The SMILES string of the molecule is CCN(CC)CCN(C(=O)CCC(=O)N1c2ccccc2C(=O)Nc2cccnc21)C1CCCCC1. The van der Waals surface area contributed by atoms with Crippen LogP contribution in [-0.2, 0) is 9.59 Å². The molecule has 0 unspecified atom stereocenters. The van der Waals surface area contributed by atoms with Crippen LogP contribution < -0.4 is 10.2 Å². The van der Waals surface area contributed by atoms with Gasteiger partial charge in [-0.2, -0.15) is 0 Å². The van der Waals surface area contributed by atoms with Crippen molar-refractivity contribution in [2.24, 2.45) is 0 Å². The smallest absolute Gasteiger partial charge is 0.257 e. The first-order valence-electron chi connectivity index (χ1n) is 13.2. The van der Waals surface area contributed by atoms with E-state index in [0.29, 0.717) is 29.3 Å². The number of likely N-dealkylation sites (N-methyl/N-ethyl adjacent to an activating group) is 1. The van der Waals surface area contributed by atoms with Gasteiger partial charge in [-0.1, -0.05) is 45.2 Å². The summed E-state index contributed by atoms with van der Waals surface area (Å²) in [6.45, 7) is 7.71. The number of pyridine rings is 1. The van der Waals surface area contributed by atoms with Gasteiger partial charge in [0.05, 0.1) is 16.9 Å². The topological polar surface area (TPSA) is 85.9 Å². The van der Waals surface area contributed by atoms with Gasteiger partial charge in [0, 0.05) is 38.2 Å². The summed E-state index contributed by atoms with van der Waals surface area (Å²) in [4.78, 5) is 50.1. The van der Waals surface area contributed by atoms with Gasteiger partial charge in [-0.25, -0.2) is 4.98 Å². The molecule has 1 aliphatic carbocycles. The minimum absolute atomic E-state index is 0.0287. The number of nitrogens with one attached hydrogen (secondary N) is 1. The first-order valence-corrected chi connectivity index (χ1v) is 13.2. The second-order valence-corrected chi connectivity index (χ2v) is 9.48. The van der Waals surface area contributed by atoms with Crippen LogP contribution in [0.2, 0.25) is 0 Å². The average Bonchev–Trinajstić information content (AvgIpc) is 3.04. The van der Waals surface area contributed by atoms with Crippen molar-refractivity contribution in [2.75, 3.05) is 36.4 Å². The van der Waals surface area contributed by atoms with Gasteiger partial charge in [-0.15, -0.1) is 0 Å². The molecule has 1 N–H and O–H groups in total. The number of carbonyl (C=O) groups is 3. The molecule has 0 saturated heterocycles. The number of fused-ring (bicyclic) bond motifs is 2. The Morgan fingerprint density at radius 1 is 1.00 bits per heavy atom. The lowest BCUT2D eigenvalue weighted by molar-refractivity contribution is -0.136. The van der Waals surface area contributed by atoms with Crippen molar-refractivity contribution in [3.05, 3.63) is 48.2 Å².